The highest BCUT2D eigenvalue weighted by atomic mass is 16.4. The highest BCUT2D eigenvalue weighted by Gasteiger charge is 2.47. The van der Waals surface area contributed by atoms with Crippen LogP contribution in [0.2, 0.25) is 0 Å². The average Bonchev–Trinajstić information content (AvgIpc) is 2.64. The van der Waals surface area contributed by atoms with Crippen LogP contribution in [0.3, 0.4) is 0 Å². The predicted molar refractivity (Wildman–Crippen MR) is 96.3 cm³/mol. The number of aliphatic hydroxyl groups is 6. The van der Waals surface area contributed by atoms with Crippen molar-refractivity contribution in [2.24, 2.45) is 11.5 Å². The van der Waals surface area contributed by atoms with E-state index in [0.717, 1.165) is 6.08 Å². The number of urea groups is 1. The number of aromatic hydroxyl groups is 2. The molecule has 13 N–H and O–H groups in total. The smallest absolute Gasteiger partial charge is 0.328 e. The van der Waals surface area contributed by atoms with Gasteiger partial charge in [-0.3, -0.25) is 0 Å². The lowest BCUT2D eigenvalue weighted by Gasteiger charge is -2.39. The number of rotatable bonds is 2. The lowest BCUT2D eigenvalue weighted by molar-refractivity contribution is -0.223. The molecular weight excluding hydrogens is 396 g/mol. The number of benzene rings is 1. The molecule has 1 aromatic rings. The maximum atomic E-state index is 10.1. The number of phenolic OH excluding ortho intramolecular Hbond substituents is 2. The molecule has 0 spiro atoms. The minimum Gasteiger partial charge on any atom is -0.504 e. The number of aliphatic carboxylic acids is 1. The van der Waals surface area contributed by atoms with Gasteiger partial charge in [0.2, 0.25) is 0 Å². The zero-order valence-electron chi connectivity index (χ0n) is 14.8. The van der Waals surface area contributed by atoms with Gasteiger partial charge >= 0.3 is 12.0 Å². The van der Waals surface area contributed by atoms with Gasteiger partial charge in [-0.1, -0.05) is 6.07 Å². The fourth-order valence-electron chi connectivity index (χ4n) is 2.02. The van der Waals surface area contributed by atoms with Gasteiger partial charge in [0.1, 0.15) is 36.6 Å². The predicted octanol–water partition coefficient (Wildman–Crippen LogP) is -3.62. The number of carbonyl (C=O) groups is 2. The van der Waals surface area contributed by atoms with Crippen LogP contribution in [0, 0.1) is 0 Å². The zero-order chi connectivity index (χ0) is 22.9. The Bertz CT molecular complexity index is 650. The molecule has 2 rings (SSSR count). The van der Waals surface area contributed by atoms with Crippen LogP contribution in [-0.2, 0) is 4.79 Å². The van der Waals surface area contributed by atoms with Crippen molar-refractivity contribution < 1.29 is 55.5 Å². The molecule has 0 radical (unpaired) electrons. The van der Waals surface area contributed by atoms with Crippen molar-refractivity contribution in [3.63, 3.8) is 0 Å². The van der Waals surface area contributed by atoms with E-state index in [2.05, 4.69) is 11.5 Å². The van der Waals surface area contributed by atoms with E-state index in [1.54, 1.807) is 0 Å². The largest absolute Gasteiger partial charge is 0.504 e. The van der Waals surface area contributed by atoms with Gasteiger partial charge in [-0.25, -0.2) is 9.59 Å². The molecule has 1 aromatic carbocycles. The Kier molecular flexibility index (Phi) is 10.6. The minimum absolute atomic E-state index is 0.229. The Morgan fingerprint density at radius 3 is 1.38 bits per heavy atom. The summed E-state index contributed by atoms with van der Waals surface area (Å²) in [6.45, 7) is 0. The number of phenols is 2. The second-order valence-electron chi connectivity index (χ2n) is 5.77. The first-order chi connectivity index (χ1) is 13.3. The van der Waals surface area contributed by atoms with Gasteiger partial charge in [-0.15, -0.1) is 0 Å². The summed E-state index contributed by atoms with van der Waals surface area (Å²) in [7, 11) is 0. The van der Waals surface area contributed by atoms with Gasteiger partial charge in [0.15, 0.2) is 11.5 Å². The van der Waals surface area contributed by atoms with Gasteiger partial charge < -0.3 is 57.4 Å². The molecule has 1 saturated carbocycles. The second kappa shape index (κ2) is 11.8. The molecule has 0 atom stereocenters. The maximum absolute atomic E-state index is 10.1. The summed E-state index contributed by atoms with van der Waals surface area (Å²) < 4.78 is 0. The molecule has 0 aliphatic heterocycles. The van der Waals surface area contributed by atoms with E-state index in [1.165, 1.54) is 24.3 Å². The number of hydrogen-bond donors (Lipinski definition) is 11. The molecule has 1 aliphatic rings. The topological polar surface area (TPSA) is 268 Å². The molecule has 13 heteroatoms. The van der Waals surface area contributed by atoms with Crippen LogP contribution in [0.25, 0.3) is 6.08 Å². The summed E-state index contributed by atoms with van der Waals surface area (Å²) in [4.78, 5) is 19.1. The summed E-state index contributed by atoms with van der Waals surface area (Å²) >= 11 is 0. The molecule has 0 aromatic heterocycles. The van der Waals surface area contributed by atoms with Gasteiger partial charge in [-0.05, 0) is 23.8 Å². The molecule has 2 amide bonds. The number of aliphatic hydroxyl groups excluding tert-OH is 6. The molecule has 0 unspecified atom stereocenters. The van der Waals surface area contributed by atoms with E-state index >= 15 is 0 Å². The van der Waals surface area contributed by atoms with Crippen molar-refractivity contribution >= 4 is 18.1 Å². The normalized spacial score (nSPS) is 28.5. The molecule has 29 heavy (non-hydrogen) atoms. The van der Waals surface area contributed by atoms with Crippen LogP contribution in [0.15, 0.2) is 24.3 Å². The van der Waals surface area contributed by atoms with Crippen molar-refractivity contribution in [1.29, 1.82) is 0 Å². The molecule has 0 heterocycles. The molecule has 13 nitrogen and oxygen atoms in total. The van der Waals surface area contributed by atoms with E-state index in [9.17, 15) is 4.79 Å². The first-order valence-corrected chi connectivity index (χ1v) is 7.85. The monoisotopic (exact) mass is 420 g/mol. The van der Waals surface area contributed by atoms with E-state index in [1.807, 2.05) is 0 Å². The number of carboxylic acids is 1. The van der Waals surface area contributed by atoms with Gasteiger partial charge in [-0.2, -0.15) is 0 Å². The van der Waals surface area contributed by atoms with E-state index in [0.29, 0.717) is 5.56 Å². The van der Waals surface area contributed by atoms with Gasteiger partial charge in [0.05, 0.1) is 0 Å². The van der Waals surface area contributed by atoms with Gasteiger partial charge in [0.25, 0.3) is 0 Å². The van der Waals surface area contributed by atoms with Crippen molar-refractivity contribution in [1.82, 2.24) is 0 Å². The lowest BCUT2D eigenvalue weighted by Crippen LogP contribution is -2.63. The average molecular weight is 420 g/mol. The van der Waals surface area contributed by atoms with E-state index < -0.39 is 48.6 Å². The Labute approximate surface area is 164 Å². The fraction of sp³-hybridized carbons (Fsp3) is 0.375. The third kappa shape index (κ3) is 8.73. The highest BCUT2D eigenvalue weighted by Crippen LogP contribution is 2.25. The van der Waals surface area contributed by atoms with Crippen molar-refractivity contribution in [2.45, 2.75) is 36.6 Å². The number of carboxylic acid groups (broad SMARTS) is 1. The van der Waals surface area contributed by atoms with Gasteiger partial charge in [0, 0.05) is 6.08 Å². The highest BCUT2D eigenvalue weighted by molar-refractivity contribution is 5.85. The van der Waals surface area contributed by atoms with Crippen LogP contribution in [0.1, 0.15) is 5.56 Å². The lowest BCUT2D eigenvalue weighted by atomic mass is 9.85. The molecule has 1 fully saturated rings. The SMILES string of the molecule is NC(N)=O.O=C(O)/C=C/c1ccc(O)c(O)c1.O[C@H]1[C@H](O)[C@@H](O)[C@H](O)[C@@H](O)[C@H]1O. The van der Waals surface area contributed by atoms with E-state index in [4.69, 9.17) is 50.8 Å². The van der Waals surface area contributed by atoms with Crippen molar-refractivity contribution in [3.05, 3.63) is 29.8 Å². The van der Waals surface area contributed by atoms with Crippen LogP contribution in [0.5, 0.6) is 11.5 Å². The Morgan fingerprint density at radius 1 is 0.759 bits per heavy atom. The second-order valence-corrected chi connectivity index (χ2v) is 5.77. The van der Waals surface area contributed by atoms with Crippen molar-refractivity contribution in [3.8, 4) is 11.5 Å². The Morgan fingerprint density at radius 2 is 1.10 bits per heavy atom. The summed E-state index contributed by atoms with van der Waals surface area (Å²) in [5.74, 6) is -1.56. The first-order valence-electron chi connectivity index (χ1n) is 7.85. The molecular formula is C16H24N2O11. The number of nitrogens with two attached hydrogens (primary N) is 2. The van der Waals surface area contributed by atoms with Crippen molar-refractivity contribution in [2.75, 3.05) is 0 Å². The fourth-order valence-corrected chi connectivity index (χ4v) is 2.02. The Balaban J connectivity index is 0.000000459. The summed E-state index contributed by atoms with van der Waals surface area (Å²) in [6.07, 6.45) is -7.57. The molecule has 0 bridgehead atoms. The zero-order valence-corrected chi connectivity index (χ0v) is 14.8. The quantitative estimate of drug-likeness (QED) is 0.164. The number of carbonyl (C=O) groups excluding carboxylic acids is 1. The summed E-state index contributed by atoms with van der Waals surface area (Å²) in [5.41, 5.74) is 9.01. The Hall–Kier alpha value is -2.94. The van der Waals surface area contributed by atoms with Crippen LogP contribution >= 0.6 is 0 Å². The number of amides is 2. The minimum atomic E-state index is -1.64. The van der Waals surface area contributed by atoms with E-state index in [-0.39, 0.29) is 11.5 Å². The molecule has 0 saturated heterocycles. The maximum Gasteiger partial charge on any atom is 0.328 e. The third-order valence-corrected chi connectivity index (χ3v) is 3.52. The third-order valence-electron chi connectivity index (χ3n) is 3.52. The summed E-state index contributed by atoms with van der Waals surface area (Å²) in [6, 6.07) is 3.22. The summed E-state index contributed by atoms with van der Waals surface area (Å²) in [5, 5.41) is 80.1. The number of primary amides is 2. The first kappa shape index (κ1) is 26.1. The molecule has 1 aliphatic carbocycles. The van der Waals surface area contributed by atoms with Crippen LogP contribution < -0.4 is 11.5 Å². The van der Waals surface area contributed by atoms with Crippen LogP contribution in [0.4, 0.5) is 4.79 Å². The standard InChI is InChI=1S/C9H8O4.C6H12O6.CH4N2O/c10-7-3-1-6(5-8(7)11)2-4-9(12)13;7-1-2(8)4(10)6(12)5(11)3(1)9;2-1(3)4/h1-5,10-11H,(H,12,13);1-12H;(H4,2,3,4)/b4-2+;;/t;1-,2-,3-,4+,5-,6-;. The molecule has 164 valence electrons. The van der Waals surface area contributed by atoms with Crippen LogP contribution in [-0.4, -0.2) is 94.6 Å². The number of hydrogen-bond acceptors (Lipinski definition) is 10.